The molecule has 0 unspecified atom stereocenters. The fraction of sp³-hybridized carbons (Fsp3) is 0.100. The molecule has 0 saturated heterocycles. The van der Waals surface area contributed by atoms with Crippen LogP contribution in [0.4, 0.5) is 5.69 Å². The number of hydrogen-bond acceptors (Lipinski definition) is 7. The van der Waals surface area contributed by atoms with Crippen LogP contribution in [0.15, 0.2) is 48.7 Å². The van der Waals surface area contributed by atoms with Crippen molar-refractivity contribution in [3.05, 3.63) is 59.9 Å². The van der Waals surface area contributed by atoms with Crippen LogP contribution in [0.5, 0.6) is 5.75 Å². The first-order valence-corrected chi connectivity index (χ1v) is 8.57. The van der Waals surface area contributed by atoms with Gasteiger partial charge in [0.05, 0.1) is 31.2 Å². The number of carbonyl (C=O) groups is 1. The standard InChI is InChI=1S/C20H16N6O3/c1-28-15-6-3-13(4-7-15)26-23-16-8-5-14(9-17(16)24-26)25-11-12(10-21)18(22)19(25)20(27)29-2/h3-9,11H,22H2,1-2H3. The summed E-state index contributed by atoms with van der Waals surface area (Å²) in [6.07, 6.45) is 1.50. The Morgan fingerprint density at radius 1 is 1.07 bits per heavy atom. The first kappa shape index (κ1) is 18.1. The first-order chi connectivity index (χ1) is 14.0. The van der Waals surface area contributed by atoms with E-state index in [-0.39, 0.29) is 16.9 Å². The summed E-state index contributed by atoms with van der Waals surface area (Å²) in [5.74, 6) is 0.104. The third kappa shape index (κ3) is 3.02. The monoisotopic (exact) mass is 388 g/mol. The zero-order valence-corrected chi connectivity index (χ0v) is 15.7. The van der Waals surface area contributed by atoms with E-state index in [1.807, 2.05) is 30.3 Å². The number of nitrogens with two attached hydrogens (primary N) is 1. The predicted octanol–water partition coefficient (Wildman–Crippen LogP) is 2.46. The minimum absolute atomic E-state index is 0.0707. The molecule has 0 spiro atoms. The van der Waals surface area contributed by atoms with Crippen LogP contribution in [0.3, 0.4) is 0 Å². The van der Waals surface area contributed by atoms with Crippen molar-refractivity contribution >= 4 is 22.7 Å². The summed E-state index contributed by atoms with van der Waals surface area (Å²) in [6.45, 7) is 0. The highest BCUT2D eigenvalue weighted by molar-refractivity contribution is 5.96. The molecule has 0 aliphatic rings. The van der Waals surface area contributed by atoms with Crippen molar-refractivity contribution < 1.29 is 14.3 Å². The second-order valence-corrected chi connectivity index (χ2v) is 6.14. The maximum Gasteiger partial charge on any atom is 0.357 e. The van der Waals surface area contributed by atoms with E-state index in [1.165, 1.54) is 22.7 Å². The van der Waals surface area contributed by atoms with Crippen molar-refractivity contribution in [1.29, 1.82) is 5.26 Å². The lowest BCUT2D eigenvalue weighted by Gasteiger charge is -2.08. The van der Waals surface area contributed by atoms with Crippen molar-refractivity contribution in [1.82, 2.24) is 19.6 Å². The molecule has 0 saturated carbocycles. The predicted molar refractivity (Wildman–Crippen MR) is 105 cm³/mol. The molecule has 0 radical (unpaired) electrons. The molecule has 2 N–H and O–H groups in total. The van der Waals surface area contributed by atoms with Gasteiger partial charge in [-0.1, -0.05) is 0 Å². The number of methoxy groups -OCH3 is 2. The quantitative estimate of drug-likeness (QED) is 0.533. The molecule has 0 aliphatic carbocycles. The normalized spacial score (nSPS) is 10.7. The number of rotatable bonds is 4. The van der Waals surface area contributed by atoms with E-state index in [0.29, 0.717) is 16.7 Å². The smallest absolute Gasteiger partial charge is 0.357 e. The molecule has 0 bridgehead atoms. The second-order valence-electron chi connectivity index (χ2n) is 6.14. The van der Waals surface area contributed by atoms with Gasteiger partial charge in [-0.15, -0.1) is 10.2 Å². The SMILES string of the molecule is COC(=O)c1c(N)c(C#N)cn1-c1ccc2nn(-c3ccc(OC)cc3)nc2c1. The Morgan fingerprint density at radius 2 is 1.76 bits per heavy atom. The molecule has 9 heteroatoms. The highest BCUT2D eigenvalue weighted by atomic mass is 16.5. The summed E-state index contributed by atoms with van der Waals surface area (Å²) in [6, 6.07) is 14.6. The van der Waals surface area contributed by atoms with Crippen LogP contribution in [-0.4, -0.2) is 39.7 Å². The molecule has 0 atom stereocenters. The maximum atomic E-state index is 12.2. The van der Waals surface area contributed by atoms with Crippen LogP contribution in [0.25, 0.3) is 22.4 Å². The van der Waals surface area contributed by atoms with Crippen LogP contribution in [0.2, 0.25) is 0 Å². The molecule has 4 aromatic rings. The van der Waals surface area contributed by atoms with E-state index in [2.05, 4.69) is 10.2 Å². The molecule has 0 aliphatic heterocycles. The zero-order valence-electron chi connectivity index (χ0n) is 15.7. The average molecular weight is 388 g/mol. The minimum Gasteiger partial charge on any atom is -0.497 e. The highest BCUT2D eigenvalue weighted by Gasteiger charge is 2.22. The molecule has 0 amide bonds. The molecule has 2 heterocycles. The summed E-state index contributed by atoms with van der Waals surface area (Å²) in [7, 11) is 2.86. The van der Waals surface area contributed by atoms with Gasteiger partial charge in [0.1, 0.15) is 22.9 Å². The number of benzene rings is 2. The van der Waals surface area contributed by atoms with Crippen LogP contribution in [0.1, 0.15) is 16.1 Å². The van der Waals surface area contributed by atoms with Gasteiger partial charge in [0, 0.05) is 11.9 Å². The number of carbonyl (C=O) groups excluding carboxylic acids is 1. The van der Waals surface area contributed by atoms with Gasteiger partial charge in [0.25, 0.3) is 0 Å². The number of nitrogen functional groups attached to an aromatic ring is 1. The number of ether oxygens (including phenoxy) is 2. The van der Waals surface area contributed by atoms with Crippen molar-refractivity contribution in [3.63, 3.8) is 0 Å². The summed E-state index contributed by atoms with van der Waals surface area (Å²) in [5.41, 5.74) is 8.97. The van der Waals surface area contributed by atoms with Crippen LogP contribution < -0.4 is 10.5 Å². The molecule has 2 aromatic heterocycles. The van der Waals surface area contributed by atoms with E-state index in [1.54, 1.807) is 25.3 Å². The molecule has 9 nitrogen and oxygen atoms in total. The summed E-state index contributed by atoms with van der Waals surface area (Å²) in [4.78, 5) is 13.7. The topological polar surface area (TPSA) is 121 Å². The third-order valence-corrected chi connectivity index (χ3v) is 4.49. The molecule has 29 heavy (non-hydrogen) atoms. The van der Waals surface area contributed by atoms with Crippen molar-refractivity contribution in [2.45, 2.75) is 0 Å². The number of esters is 1. The van der Waals surface area contributed by atoms with Gasteiger partial charge < -0.3 is 19.8 Å². The number of fused-ring (bicyclic) bond motifs is 1. The van der Waals surface area contributed by atoms with E-state index in [4.69, 9.17) is 15.2 Å². The Morgan fingerprint density at radius 3 is 2.41 bits per heavy atom. The van der Waals surface area contributed by atoms with Gasteiger partial charge in [0.15, 0.2) is 5.69 Å². The Hall–Kier alpha value is -4.32. The van der Waals surface area contributed by atoms with Gasteiger partial charge >= 0.3 is 5.97 Å². The third-order valence-electron chi connectivity index (χ3n) is 4.49. The largest absolute Gasteiger partial charge is 0.497 e. The molecular weight excluding hydrogens is 372 g/mol. The van der Waals surface area contributed by atoms with Gasteiger partial charge in [-0.05, 0) is 42.5 Å². The molecule has 0 fully saturated rings. The van der Waals surface area contributed by atoms with Crippen molar-refractivity contribution in [3.8, 4) is 23.2 Å². The number of nitriles is 1. The summed E-state index contributed by atoms with van der Waals surface area (Å²) in [5, 5.41) is 18.2. The second kappa shape index (κ2) is 7.01. The first-order valence-electron chi connectivity index (χ1n) is 8.57. The van der Waals surface area contributed by atoms with E-state index in [9.17, 15) is 10.1 Å². The lowest BCUT2D eigenvalue weighted by atomic mass is 10.2. The van der Waals surface area contributed by atoms with Gasteiger partial charge in [0.2, 0.25) is 0 Å². The van der Waals surface area contributed by atoms with Crippen molar-refractivity contribution in [2.24, 2.45) is 0 Å². The molecule has 2 aromatic carbocycles. The molecule has 4 rings (SSSR count). The Kier molecular flexibility index (Phi) is 4.37. The fourth-order valence-electron chi connectivity index (χ4n) is 3.00. The van der Waals surface area contributed by atoms with Crippen LogP contribution in [-0.2, 0) is 4.74 Å². The average Bonchev–Trinajstić information content (AvgIpc) is 3.33. The van der Waals surface area contributed by atoms with Crippen LogP contribution in [0, 0.1) is 11.3 Å². The summed E-state index contributed by atoms with van der Waals surface area (Å²) < 4.78 is 11.5. The number of aromatic nitrogens is 4. The minimum atomic E-state index is -0.633. The van der Waals surface area contributed by atoms with E-state index < -0.39 is 5.97 Å². The summed E-state index contributed by atoms with van der Waals surface area (Å²) >= 11 is 0. The molecule has 144 valence electrons. The van der Waals surface area contributed by atoms with E-state index in [0.717, 1.165) is 11.4 Å². The van der Waals surface area contributed by atoms with E-state index >= 15 is 0 Å². The van der Waals surface area contributed by atoms with Crippen LogP contribution >= 0.6 is 0 Å². The zero-order chi connectivity index (χ0) is 20.5. The number of nitrogens with zero attached hydrogens (tertiary/aromatic N) is 5. The Labute approximate surface area is 165 Å². The van der Waals surface area contributed by atoms with Gasteiger partial charge in [-0.25, -0.2) is 4.79 Å². The Balaban J connectivity index is 1.81. The van der Waals surface area contributed by atoms with Crippen molar-refractivity contribution in [2.75, 3.05) is 20.0 Å². The van der Waals surface area contributed by atoms with Gasteiger partial charge in [-0.2, -0.15) is 10.1 Å². The highest BCUT2D eigenvalue weighted by Crippen LogP contribution is 2.26. The number of hydrogen-bond donors (Lipinski definition) is 1. The Bertz CT molecular complexity index is 1260. The fourth-order valence-corrected chi connectivity index (χ4v) is 3.00. The lowest BCUT2D eigenvalue weighted by Crippen LogP contribution is -2.11. The molecular formula is C20H16N6O3. The lowest BCUT2D eigenvalue weighted by molar-refractivity contribution is 0.0593. The number of anilines is 1. The van der Waals surface area contributed by atoms with Gasteiger partial charge in [-0.3, -0.25) is 0 Å². The maximum absolute atomic E-state index is 12.2.